The smallest absolute Gasteiger partial charge is 0.321 e. The van der Waals surface area contributed by atoms with E-state index in [9.17, 15) is 24.5 Å². The lowest BCUT2D eigenvalue weighted by molar-refractivity contribution is -0.384. The first-order valence-electron chi connectivity index (χ1n) is 8.54. The zero-order chi connectivity index (χ0) is 21.2. The number of nitrogens with one attached hydrogen (secondary N) is 2. The number of ether oxygens (including phenoxy) is 1. The molecule has 0 bridgehead atoms. The molecule has 10 heteroatoms. The summed E-state index contributed by atoms with van der Waals surface area (Å²) in [6.45, 7) is 1.61. The van der Waals surface area contributed by atoms with Gasteiger partial charge < -0.3 is 10.1 Å². The first kappa shape index (κ1) is 21.9. The Balaban J connectivity index is 1.71. The second kappa shape index (κ2) is 10.8. The first-order valence-corrected chi connectivity index (χ1v) is 9.53. The summed E-state index contributed by atoms with van der Waals surface area (Å²) in [5.74, 6) is -1.49. The molecule has 2 aromatic carbocycles. The topological polar surface area (TPSA) is 128 Å². The minimum atomic E-state index is -1.15. The molecule has 0 aliphatic rings. The molecule has 0 radical (unpaired) electrons. The molecule has 0 aliphatic carbocycles. The van der Waals surface area contributed by atoms with E-state index in [0.29, 0.717) is 4.90 Å². The van der Waals surface area contributed by atoms with Gasteiger partial charge in [0, 0.05) is 23.6 Å². The van der Waals surface area contributed by atoms with Crippen LogP contribution >= 0.6 is 11.8 Å². The molecular formula is C19H19N3O6S. The number of nitrogens with zero attached hydrogens (tertiary/aromatic N) is 1. The lowest BCUT2D eigenvalue weighted by Crippen LogP contribution is -2.44. The third kappa shape index (κ3) is 7.62. The van der Waals surface area contributed by atoms with Crippen molar-refractivity contribution in [1.82, 2.24) is 10.6 Å². The van der Waals surface area contributed by atoms with Crippen molar-refractivity contribution < 1.29 is 24.0 Å². The van der Waals surface area contributed by atoms with Crippen molar-refractivity contribution in [3.05, 3.63) is 70.3 Å². The Morgan fingerprint density at radius 2 is 1.76 bits per heavy atom. The summed E-state index contributed by atoms with van der Waals surface area (Å²) in [6.07, 6.45) is -1.15. The average Bonchev–Trinajstić information content (AvgIpc) is 2.71. The van der Waals surface area contributed by atoms with Crippen molar-refractivity contribution in [3.63, 3.8) is 0 Å². The Bertz CT molecular complexity index is 873. The minimum Gasteiger partial charge on any atom is -0.452 e. The maximum atomic E-state index is 12.0. The van der Waals surface area contributed by atoms with Crippen molar-refractivity contribution in [2.75, 3.05) is 5.75 Å². The largest absolute Gasteiger partial charge is 0.452 e. The number of non-ortho nitro benzene ring substituents is 1. The molecule has 0 saturated heterocycles. The number of amides is 3. The van der Waals surface area contributed by atoms with Crippen LogP contribution in [0.4, 0.5) is 10.5 Å². The zero-order valence-corrected chi connectivity index (χ0v) is 16.3. The van der Waals surface area contributed by atoms with Crippen molar-refractivity contribution in [3.8, 4) is 0 Å². The van der Waals surface area contributed by atoms with E-state index in [0.717, 1.165) is 17.3 Å². The Labute approximate surface area is 171 Å². The molecule has 0 aliphatic heterocycles. The van der Waals surface area contributed by atoms with Gasteiger partial charge in [-0.3, -0.25) is 25.0 Å². The molecule has 3 amide bonds. The number of nitro benzene ring substituents is 1. The van der Waals surface area contributed by atoms with Gasteiger partial charge in [0.25, 0.3) is 11.6 Å². The number of rotatable bonds is 8. The quantitative estimate of drug-likeness (QED) is 0.292. The van der Waals surface area contributed by atoms with Crippen LogP contribution in [0.25, 0.3) is 0 Å². The van der Waals surface area contributed by atoms with E-state index in [4.69, 9.17) is 4.74 Å². The third-order valence-electron chi connectivity index (χ3n) is 3.61. The molecule has 0 heterocycles. The van der Waals surface area contributed by atoms with Crippen LogP contribution in [0.5, 0.6) is 0 Å². The van der Waals surface area contributed by atoms with E-state index in [1.165, 1.54) is 31.2 Å². The number of hydrogen-bond donors (Lipinski definition) is 2. The van der Waals surface area contributed by atoms with Gasteiger partial charge in [-0.25, -0.2) is 4.79 Å². The molecule has 0 unspecified atom stereocenters. The van der Waals surface area contributed by atoms with Gasteiger partial charge in [0.05, 0.1) is 10.7 Å². The molecule has 9 nitrogen and oxygen atoms in total. The number of esters is 1. The van der Waals surface area contributed by atoms with Crippen molar-refractivity contribution in [1.29, 1.82) is 0 Å². The molecule has 0 fully saturated rings. The van der Waals surface area contributed by atoms with Crippen LogP contribution in [0.15, 0.2) is 59.5 Å². The van der Waals surface area contributed by atoms with E-state index in [1.54, 1.807) is 0 Å². The number of nitro groups is 1. The fraction of sp³-hybridized carbons (Fsp3) is 0.211. The number of hydrogen-bond acceptors (Lipinski definition) is 7. The lowest BCUT2D eigenvalue weighted by atomic mass is 10.2. The SMILES string of the molecule is C[C@H](OC(=O)CSc1ccc([N+](=O)[O-])cc1)C(=O)NC(=O)NCc1ccccc1. The summed E-state index contributed by atoms with van der Waals surface area (Å²) < 4.78 is 5.00. The maximum absolute atomic E-state index is 12.0. The van der Waals surface area contributed by atoms with Gasteiger partial charge in [-0.05, 0) is 24.6 Å². The van der Waals surface area contributed by atoms with Gasteiger partial charge in [-0.1, -0.05) is 30.3 Å². The van der Waals surface area contributed by atoms with Gasteiger partial charge >= 0.3 is 12.0 Å². The second-order valence-electron chi connectivity index (χ2n) is 5.83. The molecule has 2 aromatic rings. The van der Waals surface area contributed by atoms with E-state index >= 15 is 0 Å². The van der Waals surface area contributed by atoms with Crippen molar-refractivity contribution in [2.24, 2.45) is 0 Å². The zero-order valence-electron chi connectivity index (χ0n) is 15.5. The minimum absolute atomic E-state index is 0.0484. The molecule has 2 rings (SSSR count). The summed E-state index contributed by atoms with van der Waals surface area (Å²) in [5.41, 5.74) is 0.825. The number of carbonyl (C=O) groups is 3. The monoisotopic (exact) mass is 417 g/mol. The average molecular weight is 417 g/mol. The molecule has 152 valence electrons. The first-order chi connectivity index (χ1) is 13.8. The summed E-state index contributed by atoms with van der Waals surface area (Å²) in [6, 6.07) is 14.2. The third-order valence-corrected chi connectivity index (χ3v) is 4.60. The van der Waals surface area contributed by atoms with Gasteiger partial charge in [0.2, 0.25) is 0 Å². The van der Waals surface area contributed by atoms with Crippen molar-refractivity contribution >= 4 is 35.4 Å². The normalized spacial score (nSPS) is 11.2. The molecule has 2 N–H and O–H groups in total. The number of carbonyl (C=O) groups excluding carboxylic acids is 3. The highest BCUT2D eigenvalue weighted by Gasteiger charge is 2.20. The number of urea groups is 1. The van der Waals surface area contributed by atoms with E-state index in [1.807, 2.05) is 30.3 Å². The molecule has 29 heavy (non-hydrogen) atoms. The Morgan fingerprint density at radius 1 is 1.10 bits per heavy atom. The van der Waals surface area contributed by atoms with Crippen molar-refractivity contribution in [2.45, 2.75) is 24.5 Å². The van der Waals surface area contributed by atoms with Gasteiger partial charge in [0.1, 0.15) is 0 Å². The highest BCUT2D eigenvalue weighted by Crippen LogP contribution is 2.21. The van der Waals surface area contributed by atoms with Crippen LogP contribution in [0.2, 0.25) is 0 Å². The number of imide groups is 1. The second-order valence-corrected chi connectivity index (χ2v) is 6.88. The van der Waals surface area contributed by atoms with Crippen LogP contribution in [0, 0.1) is 10.1 Å². The molecule has 1 atom stereocenters. The molecule has 0 aromatic heterocycles. The fourth-order valence-corrected chi connectivity index (χ4v) is 2.81. The summed E-state index contributed by atoms with van der Waals surface area (Å²) in [5, 5.41) is 15.3. The number of thioether (sulfide) groups is 1. The summed E-state index contributed by atoms with van der Waals surface area (Å²) >= 11 is 1.11. The fourth-order valence-electron chi connectivity index (χ4n) is 2.13. The maximum Gasteiger partial charge on any atom is 0.321 e. The van der Waals surface area contributed by atoms with Gasteiger partial charge in [-0.15, -0.1) is 11.8 Å². The molecular weight excluding hydrogens is 398 g/mol. The van der Waals surface area contributed by atoms with Gasteiger partial charge in [0.15, 0.2) is 6.10 Å². The highest BCUT2D eigenvalue weighted by atomic mass is 32.2. The number of benzene rings is 2. The Hall–Kier alpha value is -3.40. The van der Waals surface area contributed by atoms with E-state index in [2.05, 4.69) is 10.6 Å². The van der Waals surface area contributed by atoms with Crippen LogP contribution in [-0.4, -0.2) is 34.7 Å². The molecule has 0 saturated carbocycles. The Morgan fingerprint density at radius 3 is 2.38 bits per heavy atom. The summed E-state index contributed by atoms with van der Waals surface area (Å²) in [4.78, 5) is 46.3. The summed E-state index contributed by atoms with van der Waals surface area (Å²) in [7, 11) is 0. The van der Waals surface area contributed by atoms with E-state index in [-0.39, 0.29) is 18.0 Å². The van der Waals surface area contributed by atoms with Crippen LogP contribution in [-0.2, 0) is 20.9 Å². The van der Waals surface area contributed by atoms with Gasteiger partial charge in [-0.2, -0.15) is 0 Å². The predicted octanol–water partition coefficient (Wildman–Crippen LogP) is 2.64. The lowest BCUT2D eigenvalue weighted by Gasteiger charge is -2.13. The van der Waals surface area contributed by atoms with E-state index < -0.39 is 28.9 Å². The van der Waals surface area contributed by atoms with Crippen LogP contribution in [0.1, 0.15) is 12.5 Å². The van der Waals surface area contributed by atoms with Crippen LogP contribution in [0.3, 0.4) is 0 Å². The Kier molecular flexibility index (Phi) is 8.16. The van der Waals surface area contributed by atoms with Crippen LogP contribution < -0.4 is 10.6 Å². The molecule has 0 spiro atoms. The standard InChI is InChI=1S/C19H19N3O6S/c1-13(18(24)21-19(25)20-11-14-5-3-2-4-6-14)28-17(23)12-29-16-9-7-15(8-10-16)22(26)27/h2-10,13H,11-12H2,1H3,(H2,20,21,24,25)/t13-/m0/s1. The predicted molar refractivity (Wildman–Crippen MR) is 106 cm³/mol. The highest BCUT2D eigenvalue weighted by molar-refractivity contribution is 8.00.